The first-order chi connectivity index (χ1) is 11.9. The molecule has 0 saturated heterocycles. The molecule has 0 bridgehead atoms. The van der Waals surface area contributed by atoms with Gasteiger partial charge in [0.1, 0.15) is 6.10 Å². The van der Waals surface area contributed by atoms with Crippen LogP contribution in [0.15, 0.2) is 12.2 Å². The van der Waals surface area contributed by atoms with Crippen molar-refractivity contribution in [1.82, 2.24) is 0 Å². The number of rotatable bonds is 3. The summed E-state index contributed by atoms with van der Waals surface area (Å²) >= 11 is 0. The van der Waals surface area contributed by atoms with E-state index in [1.54, 1.807) is 6.08 Å². The Bertz CT molecular complexity index is 570. The first kappa shape index (κ1) is 17.6. The molecule has 0 aromatic carbocycles. The van der Waals surface area contributed by atoms with Gasteiger partial charge in [-0.05, 0) is 73.5 Å². The smallest absolute Gasteiger partial charge is 0.330 e. The summed E-state index contributed by atoms with van der Waals surface area (Å²) < 4.78 is 11.2. The number of hydrogen-bond acceptors (Lipinski definition) is 3. The Labute approximate surface area is 152 Å². The Morgan fingerprint density at radius 2 is 2.04 bits per heavy atom. The predicted molar refractivity (Wildman–Crippen MR) is 97.9 cm³/mol. The molecule has 3 fully saturated rings. The Morgan fingerprint density at radius 1 is 1.24 bits per heavy atom. The van der Waals surface area contributed by atoms with Crippen LogP contribution in [0.4, 0.5) is 0 Å². The molecule has 0 radical (unpaired) electrons. The third kappa shape index (κ3) is 2.52. The van der Waals surface area contributed by atoms with Gasteiger partial charge in [-0.25, -0.2) is 4.79 Å². The van der Waals surface area contributed by atoms with Gasteiger partial charge in [0.15, 0.2) is 0 Å². The first-order valence-electron chi connectivity index (χ1n) is 10.3. The number of carbonyl (C=O) groups excluding carboxylic acids is 1. The molecule has 0 aromatic heterocycles. The van der Waals surface area contributed by atoms with E-state index in [4.69, 9.17) is 9.47 Å². The summed E-state index contributed by atoms with van der Waals surface area (Å²) in [6.07, 6.45) is 11.6. The quantitative estimate of drug-likeness (QED) is 0.700. The number of fused-ring (bicyclic) bond motifs is 5. The van der Waals surface area contributed by atoms with Gasteiger partial charge in [0.25, 0.3) is 0 Å². The molecule has 0 unspecified atom stereocenters. The number of esters is 1. The van der Waals surface area contributed by atoms with E-state index in [2.05, 4.69) is 26.8 Å². The lowest BCUT2D eigenvalue weighted by atomic mass is 9.46. The van der Waals surface area contributed by atoms with Gasteiger partial charge in [-0.1, -0.05) is 26.8 Å². The van der Waals surface area contributed by atoms with Gasteiger partial charge in [-0.3, -0.25) is 0 Å². The summed E-state index contributed by atoms with van der Waals surface area (Å²) in [5.41, 5.74) is 0.517. The maximum atomic E-state index is 11.8. The lowest BCUT2D eigenvalue weighted by molar-refractivity contribution is -0.175. The maximum Gasteiger partial charge on any atom is 0.330 e. The zero-order valence-corrected chi connectivity index (χ0v) is 16.3. The fourth-order valence-electron chi connectivity index (χ4n) is 7.38. The zero-order valence-electron chi connectivity index (χ0n) is 16.3. The van der Waals surface area contributed by atoms with Gasteiger partial charge in [-0.15, -0.1) is 0 Å². The monoisotopic (exact) mass is 346 g/mol. The van der Waals surface area contributed by atoms with E-state index in [9.17, 15) is 4.79 Å². The van der Waals surface area contributed by atoms with Crippen molar-refractivity contribution in [3.8, 4) is 0 Å². The Morgan fingerprint density at radius 3 is 2.80 bits per heavy atom. The molecule has 1 heterocycles. The molecule has 0 amide bonds. The SMILES string of the molecule is COCC[C@H]1CC[C@H]2[C@@H]3[C@@H](C)C[C@H]4OC(=O)C=C[C@]4(C)[C@H]3CC[C@]12C. The zero-order chi connectivity index (χ0) is 17.8. The van der Waals surface area contributed by atoms with Gasteiger partial charge >= 0.3 is 5.97 Å². The van der Waals surface area contributed by atoms with Crippen LogP contribution in [0.1, 0.15) is 59.3 Å². The fourth-order valence-corrected chi connectivity index (χ4v) is 7.38. The molecule has 8 atom stereocenters. The number of methoxy groups -OCH3 is 1. The van der Waals surface area contributed by atoms with Crippen LogP contribution in [0, 0.1) is 40.4 Å². The van der Waals surface area contributed by atoms with Crippen molar-refractivity contribution in [3.63, 3.8) is 0 Å². The largest absolute Gasteiger partial charge is 0.458 e. The molecule has 0 aromatic rings. The number of carbonyl (C=O) groups is 1. The van der Waals surface area contributed by atoms with Crippen molar-refractivity contribution in [2.45, 2.75) is 65.4 Å². The van der Waals surface area contributed by atoms with Crippen molar-refractivity contribution < 1.29 is 14.3 Å². The van der Waals surface area contributed by atoms with Crippen LogP contribution in [0.5, 0.6) is 0 Å². The second-order valence-electron chi connectivity index (χ2n) is 9.73. The molecular weight excluding hydrogens is 312 g/mol. The minimum atomic E-state index is -0.144. The van der Waals surface area contributed by atoms with Crippen molar-refractivity contribution in [1.29, 1.82) is 0 Å². The summed E-state index contributed by atoms with van der Waals surface area (Å²) in [7, 11) is 1.83. The average Bonchev–Trinajstić information content (AvgIpc) is 2.91. The lowest BCUT2D eigenvalue weighted by Crippen LogP contribution is -2.57. The molecule has 1 aliphatic heterocycles. The van der Waals surface area contributed by atoms with E-state index in [0.717, 1.165) is 30.8 Å². The summed E-state index contributed by atoms with van der Waals surface area (Å²) in [4.78, 5) is 11.8. The van der Waals surface area contributed by atoms with E-state index < -0.39 is 0 Å². The van der Waals surface area contributed by atoms with E-state index >= 15 is 0 Å². The van der Waals surface area contributed by atoms with Crippen molar-refractivity contribution >= 4 is 5.97 Å². The third-order valence-corrected chi connectivity index (χ3v) is 8.77. The van der Waals surface area contributed by atoms with Crippen LogP contribution in [-0.4, -0.2) is 25.8 Å². The second kappa shape index (κ2) is 6.11. The summed E-state index contributed by atoms with van der Waals surface area (Å²) in [5, 5.41) is 0. The van der Waals surface area contributed by atoms with Crippen LogP contribution in [0.3, 0.4) is 0 Å². The maximum absolute atomic E-state index is 11.8. The third-order valence-electron chi connectivity index (χ3n) is 8.77. The van der Waals surface area contributed by atoms with Gasteiger partial charge in [0.2, 0.25) is 0 Å². The molecule has 140 valence electrons. The van der Waals surface area contributed by atoms with E-state index in [0.29, 0.717) is 17.3 Å². The van der Waals surface area contributed by atoms with Crippen molar-refractivity contribution in [2.24, 2.45) is 40.4 Å². The van der Waals surface area contributed by atoms with Crippen LogP contribution >= 0.6 is 0 Å². The fraction of sp³-hybridized carbons (Fsp3) is 0.864. The topological polar surface area (TPSA) is 35.5 Å². The predicted octanol–water partition coefficient (Wildman–Crippen LogP) is 4.61. The van der Waals surface area contributed by atoms with Crippen molar-refractivity contribution in [3.05, 3.63) is 12.2 Å². The highest BCUT2D eigenvalue weighted by atomic mass is 16.5. The molecule has 4 aliphatic rings. The normalized spacial score (nSPS) is 51.4. The van der Waals surface area contributed by atoms with Crippen LogP contribution < -0.4 is 0 Å². The Balaban J connectivity index is 1.63. The Kier molecular flexibility index (Phi) is 4.30. The molecule has 4 rings (SSSR count). The summed E-state index contributed by atoms with van der Waals surface area (Å²) in [6, 6.07) is 0. The van der Waals surface area contributed by atoms with Gasteiger partial charge in [0.05, 0.1) is 0 Å². The summed E-state index contributed by atoms with van der Waals surface area (Å²) in [5.74, 6) is 3.57. The number of ether oxygens (including phenoxy) is 2. The van der Waals surface area contributed by atoms with Crippen LogP contribution in [-0.2, 0) is 14.3 Å². The van der Waals surface area contributed by atoms with Crippen molar-refractivity contribution in [2.75, 3.05) is 13.7 Å². The highest BCUT2D eigenvalue weighted by Gasteiger charge is 2.61. The molecule has 3 heteroatoms. The first-order valence-corrected chi connectivity index (χ1v) is 10.3. The molecule has 0 N–H and O–H groups in total. The number of hydrogen-bond donors (Lipinski definition) is 0. The standard InChI is InChI=1S/C22H34O3/c1-14-13-18-22(3,11-8-19(23)25-18)17-7-10-21(2)15(9-12-24-4)5-6-16(21)20(14)17/h8,11,14-18,20H,5-7,9-10,12-13H2,1-4H3/t14-,15+,16-,17-,18+,20-,21+,22+/m0/s1. The van der Waals surface area contributed by atoms with Crippen LogP contribution in [0.25, 0.3) is 0 Å². The summed E-state index contributed by atoms with van der Waals surface area (Å²) in [6.45, 7) is 8.23. The highest BCUT2D eigenvalue weighted by Crippen LogP contribution is 2.66. The van der Waals surface area contributed by atoms with E-state index in [-0.39, 0.29) is 17.5 Å². The molecule has 0 spiro atoms. The van der Waals surface area contributed by atoms with Gasteiger partial charge in [0, 0.05) is 25.2 Å². The molecular formula is C22H34O3. The molecule has 3 saturated carbocycles. The second-order valence-corrected chi connectivity index (χ2v) is 9.73. The Hall–Kier alpha value is -0.830. The van der Waals surface area contributed by atoms with E-state index in [1.807, 2.05) is 7.11 Å². The van der Waals surface area contributed by atoms with E-state index in [1.165, 1.54) is 32.1 Å². The molecule has 25 heavy (non-hydrogen) atoms. The minimum absolute atomic E-state index is 0.0387. The minimum Gasteiger partial charge on any atom is -0.458 e. The molecule has 3 nitrogen and oxygen atoms in total. The molecule has 3 aliphatic carbocycles. The lowest BCUT2D eigenvalue weighted by Gasteiger charge is -2.60. The van der Waals surface area contributed by atoms with Crippen LogP contribution in [0.2, 0.25) is 0 Å². The van der Waals surface area contributed by atoms with Gasteiger partial charge in [-0.2, -0.15) is 0 Å². The highest BCUT2D eigenvalue weighted by molar-refractivity contribution is 5.83. The van der Waals surface area contributed by atoms with Gasteiger partial charge < -0.3 is 9.47 Å². The average molecular weight is 347 g/mol.